The third kappa shape index (κ3) is 7.04. The lowest BCUT2D eigenvalue weighted by atomic mass is 10.2. The number of carbonyl (C=O) groups is 1. The highest BCUT2D eigenvalue weighted by atomic mass is 32.2. The number of anilines is 1. The fraction of sp³-hybridized carbons (Fsp3) is 0.125. The van der Waals surface area contributed by atoms with Gasteiger partial charge in [0.1, 0.15) is 18.2 Å². The van der Waals surface area contributed by atoms with Crippen molar-refractivity contribution in [3.8, 4) is 5.75 Å². The van der Waals surface area contributed by atoms with Crippen LogP contribution < -0.4 is 14.8 Å². The van der Waals surface area contributed by atoms with Crippen molar-refractivity contribution in [2.45, 2.75) is 12.4 Å². The molecule has 0 aromatic heterocycles. The average Bonchev–Trinajstić information content (AvgIpc) is 2.79. The molecule has 0 fully saturated rings. The van der Waals surface area contributed by atoms with Gasteiger partial charge in [-0.1, -0.05) is 36.4 Å². The summed E-state index contributed by atoms with van der Waals surface area (Å²) in [6.45, 7) is 3.90. The summed E-state index contributed by atoms with van der Waals surface area (Å²) < 4.78 is 45.0. The molecule has 32 heavy (non-hydrogen) atoms. The smallest absolute Gasteiger partial charge is 0.255 e. The highest BCUT2D eigenvalue weighted by molar-refractivity contribution is 7.88. The molecule has 0 bridgehead atoms. The zero-order valence-corrected chi connectivity index (χ0v) is 18.1. The van der Waals surface area contributed by atoms with E-state index in [1.807, 2.05) is 0 Å². The third-order valence-electron chi connectivity index (χ3n) is 4.43. The molecule has 0 radical (unpaired) electrons. The predicted octanol–water partition coefficient (Wildman–Crippen LogP) is 4.26. The molecule has 0 spiro atoms. The van der Waals surface area contributed by atoms with Crippen molar-refractivity contribution in [1.29, 1.82) is 0 Å². The van der Waals surface area contributed by atoms with Gasteiger partial charge in [0.2, 0.25) is 10.0 Å². The fourth-order valence-electron chi connectivity index (χ4n) is 2.82. The number of nitrogens with one attached hydrogen (secondary N) is 2. The molecule has 0 heterocycles. The Labute approximate surface area is 186 Å². The highest BCUT2D eigenvalue weighted by Gasteiger charge is 2.11. The molecule has 166 valence electrons. The maximum Gasteiger partial charge on any atom is 0.255 e. The Hall–Kier alpha value is -3.49. The lowest BCUT2D eigenvalue weighted by molar-refractivity contribution is 0.102. The van der Waals surface area contributed by atoms with Crippen molar-refractivity contribution in [2.24, 2.45) is 0 Å². The van der Waals surface area contributed by atoms with Gasteiger partial charge in [0, 0.05) is 17.8 Å². The summed E-state index contributed by atoms with van der Waals surface area (Å²) in [5.41, 5.74) is 2.34. The second kappa shape index (κ2) is 10.7. The monoisotopic (exact) mass is 454 g/mol. The van der Waals surface area contributed by atoms with Crippen LogP contribution in [0.2, 0.25) is 0 Å². The van der Waals surface area contributed by atoms with Crippen LogP contribution in [0.15, 0.2) is 85.5 Å². The first-order valence-corrected chi connectivity index (χ1v) is 11.5. The Bertz CT molecular complexity index is 1180. The van der Waals surface area contributed by atoms with Crippen LogP contribution in [0.25, 0.3) is 0 Å². The van der Waals surface area contributed by atoms with E-state index in [2.05, 4.69) is 16.6 Å². The van der Waals surface area contributed by atoms with E-state index in [9.17, 15) is 17.6 Å². The SMILES string of the molecule is C=CCNS(=O)(=O)Cc1ccc(NC(=O)c2cccc(OCc3ccc(F)cc3)c2)cc1. The Morgan fingerprint density at radius 1 is 1.00 bits per heavy atom. The largest absolute Gasteiger partial charge is 0.489 e. The number of hydrogen-bond donors (Lipinski definition) is 2. The first kappa shape index (κ1) is 23.2. The van der Waals surface area contributed by atoms with Crippen LogP contribution in [0.5, 0.6) is 5.75 Å². The maximum absolute atomic E-state index is 13.0. The summed E-state index contributed by atoms with van der Waals surface area (Å²) in [7, 11) is -3.45. The number of carbonyl (C=O) groups excluding carboxylic acids is 1. The van der Waals surface area contributed by atoms with E-state index in [-0.39, 0.29) is 30.6 Å². The highest BCUT2D eigenvalue weighted by Crippen LogP contribution is 2.18. The fourth-order valence-corrected chi connectivity index (χ4v) is 3.92. The minimum absolute atomic E-state index is 0.164. The van der Waals surface area contributed by atoms with Gasteiger partial charge >= 0.3 is 0 Å². The molecule has 6 nitrogen and oxygen atoms in total. The van der Waals surface area contributed by atoms with E-state index >= 15 is 0 Å². The van der Waals surface area contributed by atoms with Gasteiger partial charge in [-0.05, 0) is 53.6 Å². The molecule has 2 N–H and O–H groups in total. The second-order valence-corrected chi connectivity index (χ2v) is 8.80. The van der Waals surface area contributed by atoms with E-state index in [1.165, 1.54) is 18.2 Å². The lowest BCUT2D eigenvalue weighted by Crippen LogP contribution is -2.25. The predicted molar refractivity (Wildman–Crippen MR) is 122 cm³/mol. The summed E-state index contributed by atoms with van der Waals surface area (Å²) in [6.07, 6.45) is 1.47. The van der Waals surface area contributed by atoms with Gasteiger partial charge in [-0.3, -0.25) is 4.79 Å². The minimum atomic E-state index is -3.45. The molecule has 0 aliphatic carbocycles. The van der Waals surface area contributed by atoms with Gasteiger partial charge < -0.3 is 10.1 Å². The van der Waals surface area contributed by atoms with Gasteiger partial charge in [-0.25, -0.2) is 17.5 Å². The third-order valence-corrected chi connectivity index (χ3v) is 5.75. The number of benzene rings is 3. The molecule has 3 aromatic carbocycles. The summed E-state index contributed by atoms with van der Waals surface area (Å²) >= 11 is 0. The van der Waals surface area contributed by atoms with Gasteiger partial charge in [-0.2, -0.15) is 0 Å². The number of ether oxygens (including phenoxy) is 1. The van der Waals surface area contributed by atoms with Crippen molar-refractivity contribution in [3.05, 3.63) is 108 Å². The molecule has 3 rings (SSSR count). The minimum Gasteiger partial charge on any atom is -0.489 e. The first-order valence-electron chi connectivity index (χ1n) is 9.80. The molecule has 8 heteroatoms. The average molecular weight is 455 g/mol. The van der Waals surface area contributed by atoms with Crippen molar-refractivity contribution >= 4 is 21.6 Å². The van der Waals surface area contributed by atoms with Crippen LogP contribution in [-0.4, -0.2) is 20.9 Å². The number of rotatable bonds is 10. The van der Waals surface area contributed by atoms with E-state index in [0.29, 0.717) is 22.6 Å². The maximum atomic E-state index is 13.0. The molecular weight excluding hydrogens is 431 g/mol. The summed E-state index contributed by atoms with van der Waals surface area (Å²) in [5, 5.41) is 2.78. The molecule has 0 saturated heterocycles. The van der Waals surface area contributed by atoms with Crippen LogP contribution in [0.1, 0.15) is 21.5 Å². The zero-order valence-electron chi connectivity index (χ0n) is 17.3. The van der Waals surface area contributed by atoms with E-state index in [0.717, 1.165) is 5.56 Å². The molecule has 0 aliphatic rings. The molecular formula is C24H23FN2O4S. The van der Waals surface area contributed by atoms with Crippen LogP contribution in [0.4, 0.5) is 10.1 Å². The number of amides is 1. The van der Waals surface area contributed by atoms with Crippen LogP contribution in [-0.2, 0) is 22.4 Å². The summed E-state index contributed by atoms with van der Waals surface area (Å²) in [5.74, 6) is -0.297. The van der Waals surface area contributed by atoms with Gasteiger partial charge in [0.25, 0.3) is 5.91 Å². The van der Waals surface area contributed by atoms with Crippen molar-refractivity contribution in [3.63, 3.8) is 0 Å². The summed E-state index contributed by atoms with van der Waals surface area (Å²) in [6, 6.07) is 19.3. The molecule has 0 saturated carbocycles. The number of halogens is 1. The topological polar surface area (TPSA) is 84.5 Å². The second-order valence-electron chi connectivity index (χ2n) is 6.99. The molecule has 0 unspecified atom stereocenters. The number of sulfonamides is 1. The quantitative estimate of drug-likeness (QED) is 0.448. The first-order chi connectivity index (χ1) is 15.3. The Morgan fingerprint density at radius 3 is 2.38 bits per heavy atom. The van der Waals surface area contributed by atoms with Gasteiger partial charge in [-0.15, -0.1) is 6.58 Å². The van der Waals surface area contributed by atoms with E-state index in [1.54, 1.807) is 60.7 Å². The zero-order chi connectivity index (χ0) is 23.0. The molecule has 3 aromatic rings. The van der Waals surface area contributed by atoms with Crippen molar-refractivity contribution in [2.75, 3.05) is 11.9 Å². The van der Waals surface area contributed by atoms with Crippen molar-refractivity contribution in [1.82, 2.24) is 4.72 Å². The van der Waals surface area contributed by atoms with Crippen LogP contribution in [0, 0.1) is 5.82 Å². The van der Waals surface area contributed by atoms with Crippen molar-refractivity contribution < 1.29 is 22.3 Å². The Morgan fingerprint density at radius 2 is 1.69 bits per heavy atom. The Kier molecular flexibility index (Phi) is 7.75. The van der Waals surface area contributed by atoms with E-state index < -0.39 is 10.0 Å². The molecule has 1 amide bonds. The standard InChI is InChI=1S/C24H23FN2O4S/c1-2-14-26-32(29,30)17-19-8-12-22(13-9-19)27-24(28)20-4-3-5-23(15-20)31-16-18-6-10-21(25)11-7-18/h2-13,15,26H,1,14,16-17H2,(H,27,28). The van der Waals surface area contributed by atoms with Crippen LogP contribution in [0.3, 0.4) is 0 Å². The number of hydrogen-bond acceptors (Lipinski definition) is 4. The molecule has 0 atom stereocenters. The van der Waals surface area contributed by atoms with Gasteiger partial charge in [0.15, 0.2) is 0 Å². The molecule has 0 aliphatic heterocycles. The Balaban J connectivity index is 1.59. The normalized spacial score (nSPS) is 11.0. The summed E-state index contributed by atoms with van der Waals surface area (Å²) in [4.78, 5) is 12.6. The lowest BCUT2D eigenvalue weighted by Gasteiger charge is -2.10. The van der Waals surface area contributed by atoms with Crippen LogP contribution >= 0.6 is 0 Å². The van der Waals surface area contributed by atoms with E-state index in [4.69, 9.17) is 4.74 Å². The van der Waals surface area contributed by atoms with Gasteiger partial charge in [0.05, 0.1) is 5.75 Å².